The number of carboxylic acid groups (broad SMARTS) is 2. The maximum Gasteiger partial charge on any atom is 0.348 e. The second kappa shape index (κ2) is 8.08. The Kier molecular flexibility index (Phi) is 5.58. The van der Waals surface area contributed by atoms with Crippen LogP contribution in [0.1, 0.15) is 11.1 Å². The molecule has 0 bridgehead atoms. The lowest BCUT2D eigenvalue weighted by Crippen LogP contribution is -2.36. The van der Waals surface area contributed by atoms with Crippen LogP contribution in [0.2, 0.25) is 0 Å². The van der Waals surface area contributed by atoms with Crippen molar-refractivity contribution in [3.8, 4) is 23.0 Å². The molecule has 28 heavy (non-hydrogen) atoms. The first-order valence-electron chi connectivity index (χ1n) is 8.59. The molecule has 0 saturated heterocycles. The summed E-state index contributed by atoms with van der Waals surface area (Å²) in [6.07, 6.45) is -1.80. The van der Waals surface area contributed by atoms with Gasteiger partial charge in [0, 0.05) is 0 Å². The number of carbonyl (C=O) groups is 2. The molecule has 0 aliphatic carbocycles. The van der Waals surface area contributed by atoms with Crippen LogP contribution in [0.25, 0.3) is 0 Å². The summed E-state index contributed by atoms with van der Waals surface area (Å²) in [5.41, 5.74) is 2.07. The van der Waals surface area contributed by atoms with Crippen molar-refractivity contribution < 1.29 is 38.7 Å². The minimum atomic E-state index is -1.00. The van der Waals surface area contributed by atoms with E-state index >= 15 is 0 Å². The van der Waals surface area contributed by atoms with E-state index in [4.69, 9.17) is 29.2 Å². The summed E-state index contributed by atoms with van der Waals surface area (Å²) in [6.45, 7) is 3.97. The van der Waals surface area contributed by atoms with Crippen LogP contribution in [0, 0.1) is 13.8 Å². The van der Waals surface area contributed by atoms with Gasteiger partial charge in [0.25, 0.3) is 0 Å². The van der Waals surface area contributed by atoms with Gasteiger partial charge in [0.15, 0.2) is 23.0 Å². The van der Waals surface area contributed by atoms with Crippen LogP contribution in [-0.2, 0) is 9.59 Å². The normalized spacial score (nSPS) is 19.1. The van der Waals surface area contributed by atoms with Gasteiger partial charge in [-0.15, -0.1) is 0 Å². The monoisotopic (exact) mass is 388 g/mol. The average molecular weight is 388 g/mol. The third kappa shape index (κ3) is 4.46. The zero-order valence-electron chi connectivity index (χ0n) is 15.4. The highest BCUT2D eigenvalue weighted by atomic mass is 16.6. The molecule has 0 spiro atoms. The first kappa shape index (κ1) is 19.3. The van der Waals surface area contributed by atoms with Gasteiger partial charge in [-0.05, 0) is 49.2 Å². The van der Waals surface area contributed by atoms with Gasteiger partial charge in [0.05, 0.1) is 0 Å². The van der Waals surface area contributed by atoms with Gasteiger partial charge in [0.1, 0.15) is 13.2 Å². The molecule has 0 radical (unpaired) electrons. The molecule has 4 rings (SSSR count). The lowest BCUT2D eigenvalue weighted by molar-refractivity contribution is -0.148. The van der Waals surface area contributed by atoms with Crippen LogP contribution in [0.4, 0.5) is 0 Å². The first-order chi connectivity index (χ1) is 13.3. The summed E-state index contributed by atoms with van der Waals surface area (Å²) >= 11 is 0. The maximum absolute atomic E-state index is 10.6. The third-order valence-corrected chi connectivity index (χ3v) is 4.07. The molecule has 2 atom stereocenters. The number of hydrogen-bond acceptors (Lipinski definition) is 6. The van der Waals surface area contributed by atoms with Crippen molar-refractivity contribution in [1.29, 1.82) is 0 Å². The SMILES string of the molecule is Cc1ccc2c(c1)OC(C(=O)O)CO2.Cc1ccc2c(c1)OCC(C(=O)O)O2. The molecule has 0 aromatic heterocycles. The number of ether oxygens (including phenoxy) is 4. The Bertz CT molecular complexity index is 892. The Labute approximate surface area is 161 Å². The van der Waals surface area contributed by atoms with Gasteiger partial charge >= 0.3 is 11.9 Å². The molecule has 2 aliphatic heterocycles. The molecule has 2 aliphatic rings. The van der Waals surface area contributed by atoms with Gasteiger partial charge in [-0.25, -0.2) is 9.59 Å². The minimum Gasteiger partial charge on any atom is -0.485 e. The van der Waals surface area contributed by atoms with E-state index in [0.29, 0.717) is 23.0 Å². The van der Waals surface area contributed by atoms with E-state index in [0.717, 1.165) is 11.1 Å². The van der Waals surface area contributed by atoms with Crippen molar-refractivity contribution in [3.63, 3.8) is 0 Å². The number of carboxylic acids is 2. The van der Waals surface area contributed by atoms with Crippen molar-refractivity contribution in [2.45, 2.75) is 26.1 Å². The van der Waals surface area contributed by atoms with Crippen LogP contribution in [0.5, 0.6) is 23.0 Å². The predicted octanol–water partition coefficient (Wildman–Crippen LogP) is 2.44. The molecular formula is C20H20O8. The molecule has 2 aromatic carbocycles. The zero-order valence-corrected chi connectivity index (χ0v) is 15.4. The number of hydrogen-bond donors (Lipinski definition) is 2. The predicted molar refractivity (Wildman–Crippen MR) is 97.5 cm³/mol. The molecular weight excluding hydrogens is 368 g/mol. The topological polar surface area (TPSA) is 112 Å². The Balaban J connectivity index is 0.000000161. The van der Waals surface area contributed by atoms with E-state index in [1.807, 2.05) is 32.0 Å². The molecule has 2 N–H and O–H groups in total. The Morgan fingerprint density at radius 2 is 1.21 bits per heavy atom. The molecule has 2 unspecified atom stereocenters. The molecule has 2 heterocycles. The van der Waals surface area contributed by atoms with E-state index in [-0.39, 0.29) is 13.2 Å². The Morgan fingerprint density at radius 3 is 1.79 bits per heavy atom. The second-order valence-electron chi connectivity index (χ2n) is 6.41. The minimum absolute atomic E-state index is 0.0609. The molecule has 0 amide bonds. The van der Waals surface area contributed by atoms with Gasteiger partial charge in [-0.1, -0.05) is 12.1 Å². The van der Waals surface area contributed by atoms with Crippen LogP contribution in [-0.4, -0.2) is 47.6 Å². The Hall–Kier alpha value is -3.42. The van der Waals surface area contributed by atoms with E-state index in [2.05, 4.69) is 0 Å². The number of aliphatic carboxylic acids is 2. The molecule has 0 saturated carbocycles. The van der Waals surface area contributed by atoms with Crippen molar-refractivity contribution in [3.05, 3.63) is 47.5 Å². The standard InChI is InChI=1S/2C10H10O4/c1-6-2-3-7-8(4-6)13-5-9(14-7)10(11)12;1-6-2-3-7-8(4-6)14-9(5-13-7)10(11)12/h2*2-4,9H,5H2,1H3,(H,11,12). The van der Waals surface area contributed by atoms with Crippen LogP contribution < -0.4 is 18.9 Å². The summed E-state index contributed by atoms with van der Waals surface area (Å²) in [5.74, 6) is 0.210. The van der Waals surface area contributed by atoms with E-state index in [9.17, 15) is 9.59 Å². The second-order valence-corrected chi connectivity index (χ2v) is 6.41. The summed E-state index contributed by atoms with van der Waals surface area (Å²) in [7, 11) is 0. The van der Waals surface area contributed by atoms with Gasteiger partial charge in [-0.2, -0.15) is 0 Å². The molecule has 2 aromatic rings. The highest BCUT2D eigenvalue weighted by Gasteiger charge is 2.27. The van der Waals surface area contributed by atoms with Crippen LogP contribution >= 0.6 is 0 Å². The quantitative estimate of drug-likeness (QED) is 0.807. The molecule has 8 heteroatoms. The van der Waals surface area contributed by atoms with Crippen molar-refractivity contribution >= 4 is 11.9 Å². The summed E-state index contributed by atoms with van der Waals surface area (Å²) in [6, 6.07) is 10.8. The summed E-state index contributed by atoms with van der Waals surface area (Å²) in [5, 5.41) is 17.4. The first-order valence-corrected chi connectivity index (χ1v) is 8.59. The van der Waals surface area contributed by atoms with E-state index in [1.54, 1.807) is 18.2 Å². The molecule has 0 fully saturated rings. The number of aryl methyl sites for hydroxylation is 2. The fourth-order valence-corrected chi connectivity index (χ4v) is 2.60. The summed E-state index contributed by atoms with van der Waals surface area (Å²) < 4.78 is 21.0. The number of rotatable bonds is 2. The fraction of sp³-hybridized carbons (Fsp3) is 0.300. The highest BCUT2D eigenvalue weighted by Crippen LogP contribution is 2.33. The third-order valence-electron chi connectivity index (χ3n) is 4.07. The van der Waals surface area contributed by atoms with Crippen molar-refractivity contribution in [2.75, 3.05) is 13.2 Å². The lowest BCUT2D eigenvalue weighted by atomic mass is 10.2. The van der Waals surface area contributed by atoms with Gasteiger partial charge < -0.3 is 29.2 Å². The van der Waals surface area contributed by atoms with Crippen molar-refractivity contribution in [1.82, 2.24) is 0 Å². The highest BCUT2D eigenvalue weighted by molar-refractivity contribution is 5.74. The Morgan fingerprint density at radius 1 is 0.750 bits per heavy atom. The van der Waals surface area contributed by atoms with Gasteiger partial charge in [0.2, 0.25) is 12.2 Å². The number of fused-ring (bicyclic) bond motifs is 2. The fourth-order valence-electron chi connectivity index (χ4n) is 2.60. The average Bonchev–Trinajstić information content (AvgIpc) is 2.67. The lowest BCUT2D eigenvalue weighted by Gasteiger charge is -2.23. The maximum atomic E-state index is 10.6. The van der Waals surface area contributed by atoms with Crippen LogP contribution in [0.3, 0.4) is 0 Å². The number of benzene rings is 2. The van der Waals surface area contributed by atoms with E-state index < -0.39 is 24.1 Å². The smallest absolute Gasteiger partial charge is 0.348 e. The van der Waals surface area contributed by atoms with Crippen molar-refractivity contribution in [2.24, 2.45) is 0 Å². The van der Waals surface area contributed by atoms with E-state index in [1.165, 1.54) is 0 Å². The van der Waals surface area contributed by atoms with Crippen LogP contribution in [0.15, 0.2) is 36.4 Å². The molecule has 148 valence electrons. The summed E-state index contributed by atoms with van der Waals surface area (Å²) in [4.78, 5) is 21.3. The largest absolute Gasteiger partial charge is 0.485 e. The van der Waals surface area contributed by atoms with Gasteiger partial charge in [-0.3, -0.25) is 0 Å². The molecule has 8 nitrogen and oxygen atoms in total. The zero-order chi connectivity index (χ0) is 20.3.